The molecule has 0 unspecified atom stereocenters. The molecule has 0 amide bonds. The molecule has 12 aromatic rings. The minimum Gasteiger partial charge on any atom is -0.454 e. The van der Waals surface area contributed by atoms with Gasteiger partial charge in [0.25, 0.3) is 0 Å². The molecule has 4 nitrogen and oxygen atoms in total. The number of hydrogen-bond donors (Lipinski definition) is 0. The summed E-state index contributed by atoms with van der Waals surface area (Å²) < 4.78 is 11.9. The van der Waals surface area contributed by atoms with E-state index in [9.17, 15) is 0 Å². The van der Waals surface area contributed by atoms with Crippen LogP contribution >= 0.6 is 11.3 Å². The maximum absolute atomic E-state index is 6.97. The second kappa shape index (κ2) is 13.0. The molecule has 0 spiro atoms. The minimum atomic E-state index is 0.633. The standard InChI is InChI=1S/C55H33N3OS/c1-2-12-34-29-37(22-21-33(34)11-1)45-26-27-46(38-23-24-41-40-16-7-10-20-51(40)60-52(41)32-38)57-55(56-45)43-25-28-48(54-53(43)42-17-6-9-19-50(42)59-54)58-47-18-8-5-15-39(47)44-30-35-13-3-4-14-36(35)31-49(44)58/h1-25,27-32H,26H2. The molecule has 0 aliphatic carbocycles. The Morgan fingerprint density at radius 1 is 0.483 bits per heavy atom. The van der Waals surface area contributed by atoms with Crippen molar-refractivity contribution in [2.75, 3.05) is 0 Å². The van der Waals surface area contributed by atoms with Crippen LogP contribution in [0.2, 0.25) is 0 Å². The highest BCUT2D eigenvalue weighted by Gasteiger charge is 2.24. The van der Waals surface area contributed by atoms with Gasteiger partial charge in [0.1, 0.15) is 5.58 Å². The molecule has 0 saturated carbocycles. The van der Waals surface area contributed by atoms with Crippen molar-refractivity contribution in [2.24, 2.45) is 9.98 Å². The number of nitrogens with zero attached hydrogens (tertiary/aromatic N) is 3. The molecule has 0 fully saturated rings. The molecule has 4 heterocycles. The zero-order chi connectivity index (χ0) is 39.3. The molecule has 1 aliphatic rings. The highest BCUT2D eigenvalue weighted by atomic mass is 32.1. The van der Waals surface area contributed by atoms with Gasteiger partial charge in [0.05, 0.1) is 28.1 Å². The zero-order valence-electron chi connectivity index (χ0n) is 32.3. The molecular formula is C55H33N3OS. The molecular weight excluding hydrogens is 751 g/mol. The first-order chi connectivity index (χ1) is 29.7. The van der Waals surface area contributed by atoms with Crippen molar-refractivity contribution >= 4 is 114 Å². The number of hydrogen-bond acceptors (Lipinski definition) is 4. The van der Waals surface area contributed by atoms with Crippen LogP contribution in [0, 0.1) is 0 Å². The molecule has 0 bridgehead atoms. The number of aromatic nitrogens is 1. The van der Waals surface area contributed by atoms with E-state index < -0.39 is 0 Å². The van der Waals surface area contributed by atoms with Crippen LogP contribution in [-0.2, 0) is 0 Å². The fourth-order valence-corrected chi connectivity index (χ4v) is 10.5. The third-order valence-electron chi connectivity index (χ3n) is 12.2. The van der Waals surface area contributed by atoms with Gasteiger partial charge < -0.3 is 8.98 Å². The van der Waals surface area contributed by atoms with Crippen LogP contribution in [-0.4, -0.2) is 16.1 Å². The first-order valence-corrected chi connectivity index (χ1v) is 21.2. The van der Waals surface area contributed by atoms with Crippen LogP contribution in [0.25, 0.3) is 96.8 Å². The van der Waals surface area contributed by atoms with Crippen molar-refractivity contribution in [3.63, 3.8) is 0 Å². The Balaban J connectivity index is 1.07. The van der Waals surface area contributed by atoms with Gasteiger partial charge in [-0.1, -0.05) is 133 Å². The maximum atomic E-state index is 6.97. The Morgan fingerprint density at radius 2 is 1.18 bits per heavy atom. The van der Waals surface area contributed by atoms with E-state index in [1.165, 1.54) is 52.5 Å². The monoisotopic (exact) mass is 783 g/mol. The molecule has 0 atom stereocenters. The molecule has 280 valence electrons. The van der Waals surface area contributed by atoms with Gasteiger partial charge in [-0.2, -0.15) is 0 Å². The zero-order valence-corrected chi connectivity index (χ0v) is 33.1. The van der Waals surface area contributed by atoms with Gasteiger partial charge in [-0.15, -0.1) is 11.3 Å². The van der Waals surface area contributed by atoms with E-state index in [2.05, 4.69) is 187 Å². The third kappa shape index (κ3) is 5.09. The van der Waals surface area contributed by atoms with Crippen LogP contribution in [0.1, 0.15) is 23.1 Å². The first kappa shape index (κ1) is 33.4. The molecule has 5 heteroatoms. The number of rotatable bonds is 4. The molecule has 3 aromatic heterocycles. The van der Waals surface area contributed by atoms with Crippen LogP contribution < -0.4 is 0 Å². The Kier molecular flexibility index (Phi) is 7.21. The Labute approximate surface area is 348 Å². The van der Waals surface area contributed by atoms with Gasteiger partial charge in [0.15, 0.2) is 11.4 Å². The van der Waals surface area contributed by atoms with Gasteiger partial charge in [0.2, 0.25) is 0 Å². The summed E-state index contributed by atoms with van der Waals surface area (Å²) in [6.07, 6.45) is 2.88. The third-order valence-corrected chi connectivity index (χ3v) is 13.4. The van der Waals surface area contributed by atoms with E-state index in [4.69, 9.17) is 14.4 Å². The highest BCUT2D eigenvalue weighted by Crippen LogP contribution is 2.42. The van der Waals surface area contributed by atoms with Gasteiger partial charge >= 0.3 is 0 Å². The average Bonchev–Trinajstić information content (AvgIpc) is 3.91. The lowest BCUT2D eigenvalue weighted by Gasteiger charge is -2.12. The van der Waals surface area contributed by atoms with Gasteiger partial charge in [-0.05, 0) is 81.7 Å². The number of para-hydroxylation sites is 2. The van der Waals surface area contributed by atoms with Gasteiger partial charge in [0, 0.05) is 59.3 Å². The Hall–Kier alpha value is -7.60. The number of allylic oxidation sites excluding steroid dienone is 1. The summed E-state index contributed by atoms with van der Waals surface area (Å²) in [4.78, 5) is 11.1. The van der Waals surface area contributed by atoms with Crippen molar-refractivity contribution in [3.8, 4) is 5.69 Å². The van der Waals surface area contributed by atoms with E-state index >= 15 is 0 Å². The summed E-state index contributed by atoms with van der Waals surface area (Å²) >= 11 is 1.83. The molecule has 1 aliphatic heterocycles. The second-order valence-corrected chi connectivity index (χ2v) is 16.7. The molecule has 60 heavy (non-hydrogen) atoms. The average molecular weight is 784 g/mol. The van der Waals surface area contributed by atoms with Crippen LogP contribution in [0.4, 0.5) is 0 Å². The molecule has 0 radical (unpaired) electrons. The molecule has 0 saturated heterocycles. The van der Waals surface area contributed by atoms with Crippen molar-refractivity contribution in [1.82, 2.24) is 4.57 Å². The predicted octanol–water partition coefficient (Wildman–Crippen LogP) is 15.0. The van der Waals surface area contributed by atoms with E-state index in [1.54, 1.807) is 0 Å². The largest absolute Gasteiger partial charge is 0.454 e. The van der Waals surface area contributed by atoms with Gasteiger partial charge in [-0.3, -0.25) is 0 Å². The quantitative estimate of drug-likeness (QED) is 0.175. The smallest absolute Gasteiger partial charge is 0.160 e. The second-order valence-electron chi connectivity index (χ2n) is 15.7. The van der Waals surface area contributed by atoms with E-state index in [1.807, 2.05) is 17.4 Å². The fourth-order valence-electron chi connectivity index (χ4n) is 9.38. The first-order valence-electron chi connectivity index (χ1n) is 20.4. The van der Waals surface area contributed by atoms with Gasteiger partial charge in [-0.25, -0.2) is 9.98 Å². The van der Waals surface area contributed by atoms with Crippen LogP contribution in [0.15, 0.2) is 202 Å². The number of benzene rings is 9. The van der Waals surface area contributed by atoms with Crippen molar-refractivity contribution in [2.45, 2.75) is 6.42 Å². The highest BCUT2D eigenvalue weighted by molar-refractivity contribution is 7.25. The molecule has 0 N–H and O–H groups in total. The summed E-state index contributed by atoms with van der Waals surface area (Å²) in [5, 5.41) is 11.8. The Morgan fingerprint density at radius 3 is 2.07 bits per heavy atom. The van der Waals surface area contributed by atoms with E-state index in [0.717, 1.165) is 66.8 Å². The summed E-state index contributed by atoms with van der Waals surface area (Å²) in [5.41, 5.74) is 9.83. The lowest BCUT2D eigenvalue weighted by atomic mass is 10.0. The number of thiophene rings is 1. The Bertz CT molecular complexity index is 3870. The van der Waals surface area contributed by atoms with Crippen molar-refractivity contribution < 1.29 is 4.42 Å². The lowest BCUT2D eigenvalue weighted by Crippen LogP contribution is -2.06. The number of fused-ring (bicyclic) bond motifs is 11. The molecule has 13 rings (SSSR count). The van der Waals surface area contributed by atoms with Crippen LogP contribution in [0.3, 0.4) is 0 Å². The summed E-state index contributed by atoms with van der Waals surface area (Å²) in [5.74, 6) is 0.662. The normalized spacial score (nSPS) is 13.6. The van der Waals surface area contributed by atoms with Crippen molar-refractivity contribution in [3.05, 3.63) is 205 Å². The summed E-state index contributed by atoms with van der Waals surface area (Å²) in [7, 11) is 0. The predicted molar refractivity (Wildman–Crippen MR) is 255 cm³/mol. The minimum absolute atomic E-state index is 0.633. The lowest BCUT2D eigenvalue weighted by molar-refractivity contribution is 0.666. The SMILES string of the molecule is C1=C(c2ccc3c(c2)sc2ccccc23)N=C(c2ccc(-n3c4ccccc4c4cc5ccccc5cc43)c3oc4ccccc4c23)N=C(c2ccc3ccccc3c2)C1. The summed E-state index contributed by atoms with van der Waals surface area (Å²) in [6.45, 7) is 0. The fraction of sp³-hybridized carbons (Fsp3) is 0.0182. The number of furan rings is 1. The molecule has 9 aromatic carbocycles. The summed E-state index contributed by atoms with van der Waals surface area (Å²) in [6, 6.07) is 65.2. The van der Waals surface area contributed by atoms with Crippen molar-refractivity contribution in [1.29, 1.82) is 0 Å². The van der Waals surface area contributed by atoms with E-state index in [0.29, 0.717) is 12.3 Å². The number of aliphatic imine (C=N–C) groups is 2. The van der Waals surface area contributed by atoms with Crippen LogP contribution in [0.5, 0.6) is 0 Å². The van der Waals surface area contributed by atoms with E-state index in [-0.39, 0.29) is 0 Å². The number of amidine groups is 1. The topological polar surface area (TPSA) is 42.8 Å². The maximum Gasteiger partial charge on any atom is 0.160 e.